The zero-order valence-electron chi connectivity index (χ0n) is 12.0. The molecule has 4 rings (SSSR count). The molecule has 4 heteroatoms. The highest BCUT2D eigenvalue weighted by Gasteiger charge is 2.13. The molecular weight excluding hydrogens is 276 g/mol. The predicted molar refractivity (Wildman–Crippen MR) is 86.2 cm³/mol. The van der Waals surface area contributed by atoms with Gasteiger partial charge in [-0.2, -0.15) is 0 Å². The third-order valence-corrected chi connectivity index (χ3v) is 3.87. The molecule has 0 spiro atoms. The Morgan fingerprint density at radius 3 is 2.91 bits per heavy atom. The number of aryl methyl sites for hydroxylation is 1. The molecule has 2 heterocycles. The van der Waals surface area contributed by atoms with Gasteiger partial charge in [-0.1, -0.05) is 12.1 Å². The highest BCUT2D eigenvalue weighted by molar-refractivity contribution is 5.98. The zero-order valence-corrected chi connectivity index (χ0v) is 12.0. The van der Waals surface area contributed by atoms with E-state index in [-0.39, 0.29) is 5.97 Å². The molecule has 22 heavy (non-hydrogen) atoms. The van der Waals surface area contributed by atoms with Crippen LogP contribution in [0.4, 0.5) is 0 Å². The molecule has 0 aliphatic rings. The molecule has 0 amide bonds. The van der Waals surface area contributed by atoms with Crippen LogP contribution in [0.25, 0.3) is 21.8 Å². The van der Waals surface area contributed by atoms with Crippen molar-refractivity contribution in [3.05, 3.63) is 66.5 Å². The van der Waals surface area contributed by atoms with Gasteiger partial charge in [-0.25, -0.2) is 4.79 Å². The summed E-state index contributed by atoms with van der Waals surface area (Å²) in [5, 5.41) is 1.92. The van der Waals surface area contributed by atoms with Crippen molar-refractivity contribution in [3.8, 4) is 5.75 Å². The second kappa shape index (κ2) is 4.77. The summed E-state index contributed by atoms with van der Waals surface area (Å²) in [5.74, 6) is 0.198. The lowest BCUT2D eigenvalue weighted by Gasteiger charge is -2.04. The minimum atomic E-state index is -0.351. The summed E-state index contributed by atoms with van der Waals surface area (Å²) < 4.78 is 7.55. The standard InChI is InChI=1S/C18H14N2O2/c1-20-9-8-12-10-13(6-7-16(12)20)18(21)22-17-11-19-15-5-3-2-4-14(15)17/h2-11,19H,1H3. The molecular formula is C18H14N2O2. The molecule has 2 aromatic heterocycles. The van der Waals surface area contributed by atoms with Crippen LogP contribution in [-0.4, -0.2) is 15.5 Å². The number of ether oxygens (including phenoxy) is 1. The Morgan fingerprint density at radius 2 is 2.00 bits per heavy atom. The van der Waals surface area contributed by atoms with Crippen LogP contribution in [0.3, 0.4) is 0 Å². The average Bonchev–Trinajstić information content (AvgIpc) is 3.12. The van der Waals surface area contributed by atoms with E-state index in [1.165, 1.54) is 0 Å². The lowest BCUT2D eigenvalue weighted by atomic mass is 10.1. The van der Waals surface area contributed by atoms with E-state index in [9.17, 15) is 4.79 Å². The number of nitrogens with zero attached hydrogens (tertiary/aromatic N) is 1. The predicted octanol–water partition coefficient (Wildman–Crippen LogP) is 3.88. The van der Waals surface area contributed by atoms with Crippen molar-refractivity contribution >= 4 is 27.8 Å². The first-order valence-electron chi connectivity index (χ1n) is 7.06. The molecule has 4 nitrogen and oxygen atoms in total. The maximum Gasteiger partial charge on any atom is 0.343 e. The molecule has 0 unspecified atom stereocenters. The summed E-state index contributed by atoms with van der Waals surface area (Å²) in [6, 6.07) is 15.3. The third kappa shape index (κ3) is 1.97. The van der Waals surface area contributed by atoms with Gasteiger partial charge in [0.15, 0.2) is 5.75 Å². The molecule has 0 radical (unpaired) electrons. The summed E-state index contributed by atoms with van der Waals surface area (Å²) in [6.45, 7) is 0. The van der Waals surface area contributed by atoms with Crippen LogP contribution in [0.15, 0.2) is 60.9 Å². The smallest absolute Gasteiger partial charge is 0.343 e. The maximum atomic E-state index is 12.4. The number of hydrogen-bond acceptors (Lipinski definition) is 2. The van der Waals surface area contributed by atoms with Crippen LogP contribution >= 0.6 is 0 Å². The number of esters is 1. The molecule has 0 atom stereocenters. The molecule has 0 saturated carbocycles. The zero-order chi connectivity index (χ0) is 15.1. The van der Waals surface area contributed by atoms with Gasteiger partial charge in [-0.15, -0.1) is 0 Å². The van der Waals surface area contributed by atoms with Crippen LogP contribution in [-0.2, 0) is 7.05 Å². The first kappa shape index (κ1) is 12.7. The van der Waals surface area contributed by atoms with E-state index in [1.54, 1.807) is 12.3 Å². The Kier molecular flexibility index (Phi) is 2.76. The van der Waals surface area contributed by atoms with Crippen molar-refractivity contribution in [2.75, 3.05) is 0 Å². The van der Waals surface area contributed by atoms with Gasteiger partial charge in [0.05, 0.1) is 5.56 Å². The molecule has 1 N–H and O–H groups in total. The van der Waals surface area contributed by atoms with Gasteiger partial charge in [-0.05, 0) is 36.4 Å². The molecule has 0 fully saturated rings. The van der Waals surface area contributed by atoms with Crippen molar-refractivity contribution in [2.24, 2.45) is 7.05 Å². The van der Waals surface area contributed by atoms with Crippen molar-refractivity contribution in [1.29, 1.82) is 0 Å². The Balaban J connectivity index is 1.68. The fraction of sp³-hybridized carbons (Fsp3) is 0.0556. The van der Waals surface area contributed by atoms with E-state index in [0.29, 0.717) is 11.3 Å². The van der Waals surface area contributed by atoms with Crippen LogP contribution < -0.4 is 4.74 Å². The van der Waals surface area contributed by atoms with Crippen LogP contribution in [0.5, 0.6) is 5.75 Å². The number of nitrogens with one attached hydrogen (secondary N) is 1. The Bertz CT molecular complexity index is 995. The summed E-state index contributed by atoms with van der Waals surface area (Å²) in [7, 11) is 1.98. The Hall–Kier alpha value is -3.01. The van der Waals surface area contributed by atoms with Gasteiger partial charge in [0, 0.05) is 41.2 Å². The summed E-state index contributed by atoms with van der Waals surface area (Å²) in [6.07, 6.45) is 3.68. The molecule has 0 bridgehead atoms. The molecule has 0 aliphatic heterocycles. The van der Waals surface area contributed by atoms with Gasteiger partial charge in [0.25, 0.3) is 0 Å². The van der Waals surface area contributed by atoms with Crippen molar-refractivity contribution in [3.63, 3.8) is 0 Å². The van der Waals surface area contributed by atoms with Crippen LogP contribution in [0.2, 0.25) is 0 Å². The van der Waals surface area contributed by atoms with Gasteiger partial charge in [-0.3, -0.25) is 0 Å². The summed E-state index contributed by atoms with van der Waals surface area (Å²) in [5.41, 5.74) is 2.58. The summed E-state index contributed by atoms with van der Waals surface area (Å²) >= 11 is 0. The maximum absolute atomic E-state index is 12.4. The third-order valence-electron chi connectivity index (χ3n) is 3.87. The number of aromatic amines is 1. The van der Waals surface area contributed by atoms with E-state index in [2.05, 4.69) is 4.98 Å². The van der Waals surface area contributed by atoms with Gasteiger partial charge >= 0.3 is 5.97 Å². The first-order chi connectivity index (χ1) is 10.7. The fourth-order valence-electron chi connectivity index (χ4n) is 2.70. The van der Waals surface area contributed by atoms with Crippen molar-refractivity contribution in [1.82, 2.24) is 9.55 Å². The number of benzene rings is 2. The number of hydrogen-bond donors (Lipinski definition) is 1. The highest BCUT2D eigenvalue weighted by Crippen LogP contribution is 2.26. The van der Waals surface area contributed by atoms with E-state index in [1.807, 2.05) is 60.3 Å². The second-order valence-electron chi connectivity index (χ2n) is 5.29. The van der Waals surface area contributed by atoms with E-state index in [0.717, 1.165) is 21.8 Å². The number of carbonyl (C=O) groups is 1. The Labute approximate surface area is 126 Å². The van der Waals surface area contributed by atoms with E-state index in [4.69, 9.17) is 4.74 Å². The van der Waals surface area contributed by atoms with Gasteiger partial charge in [0.2, 0.25) is 0 Å². The fourth-order valence-corrected chi connectivity index (χ4v) is 2.70. The number of fused-ring (bicyclic) bond motifs is 2. The number of H-pyrrole nitrogens is 1. The number of aromatic nitrogens is 2. The van der Waals surface area contributed by atoms with Crippen molar-refractivity contribution in [2.45, 2.75) is 0 Å². The van der Waals surface area contributed by atoms with Gasteiger partial charge in [0.1, 0.15) is 0 Å². The number of para-hydroxylation sites is 1. The average molecular weight is 290 g/mol. The first-order valence-corrected chi connectivity index (χ1v) is 7.06. The van der Waals surface area contributed by atoms with Gasteiger partial charge < -0.3 is 14.3 Å². The lowest BCUT2D eigenvalue weighted by Crippen LogP contribution is -2.08. The van der Waals surface area contributed by atoms with E-state index >= 15 is 0 Å². The monoisotopic (exact) mass is 290 g/mol. The van der Waals surface area contributed by atoms with Crippen LogP contribution in [0, 0.1) is 0 Å². The normalized spacial score (nSPS) is 11.1. The number of rotatable bonds is 2. The van der Waals surface area contributed by atoms with Crippen molar-refractivity contribution < 1.29 is 9.53 Å². The topological polar surface area (TPSA) is 47.0 Å². The molecule has 0 saturated heterocycles. The quantitative estimate of drug-likeness (QED) is 0.569. The Morgan fingerprint density at radius 1 is 1.14 bits per heavy atom. The molecule has 108 valence electrons. The lowest BCUT2D eigenvalue weighted by molar-refractivity contribution is 0.0737. The second-order valence-corrected chi connectivity index (χ2v) is 5.29. The van der Waals surface area contributed by atoms with Crippen LogP contribution in [0.1, 0.15) is 10.4 Å². The molecule has 0 aliphatic carbocycles. The van der Waals surface area contributed by atoms with E-state index < -0.39 is 0 Å². The molecule has 4 aromatic rings. The molecule has 2 aromatic carbocycles. The number of carbonyl (C=O) groups excluding carboxylic acids is 1. The summed E-state index contributed by atoms with van der Waals surface area (Å²) in [4.78, 5) is 15.5. The minimum Gasteiger partial charge on any atom is -0.421 e. The minimum absolute atomic E-state index is 0.351. The highest BCUT2D eigenvalue weighted by atomic mass is 16.5. The largest absolute Gasteiger partial charge is 0.421 e. The SMILES string of the molecule is Cn1ccc2cc(C(=O)Oc3c[nH]c4ccccc34)ccc21.